The van der Waals surface area contributed by atoms with Crippen molar-refractivity contribution in [3.8, 4) is 6.07 Å². The molecule has 0 unspecified atom stereocenters. The third-order valence-corrected chi connectivity index (χ3v) is 2.88. The molecule has 16 heavy (non-hydrogen) atoms. The Morgan fingerprint density at radius 1 is 1.38 bits per heavy atom. The molecule has 0 radical (unpaired) electrons. The normalized spacial score (nSPS) is 16.8. The Balaban J connectivity index is 2.13. The van der Waals surface area contributed by atoms with Gasteiger partial charge in [0.2, 0.25) is 0 Å². The Morgan fingerprint density at radius 2 is 2.12 bits per heavy atom. The van der Waals surface area contributed by atoms with Crippen molar-refractivity contribution < 1.29 is 4.74 Å². The highest BCUT2D eigenvalue weighted by atomic mass is 16.5. The predicted octanol–water partition coefficient (Wildman–Crippen LogP) is 2.46. The molecule has 1 heterocycles. The molecule has 3 heteroatoms. The number of ether oxygens (including phenoxy) is 1. The van der Waals surface area contributed by atoms with Crippen LogP contribution in [0.25, 0.3) is 0 Å². The van der Waals surface area contributed by atoms with Crippen LogP contribution < -0.4 is 5.32 Å². The molecule has 0 amide bonds. The van der Waals surface area contributed by atoms with Gasteiger partial charge in [-0.05, 0) is 37.5 Å². The second kappa shape index (κ2) is 5.00. The third kappa shape index (κ3) is 2.53. The summed E-state index contributed by atoms with van der Waals surface area (Å²) in [6.45, 7) is 3.66. The molecule has 0 saturated carbocycles. The molecule has 1 aromatic carbocycles. The van der Waals surface area contributed by atoms with Crippen LogP contribution in [-0.2, 0) is 4.74 Å². The summed E-state index contributed by atoms with van der Waals surface area (Å²) in [5.41, 5.74) is 2.85. The Morgan fingerprint density at radius 3 is 2.81 bits per heavy atom. The molecule has 0 aliphatic carbocycles. The van der Waals surface area contributed by atoms with E-state index in [1.807, 2.05) is 25.1 Å². The van der Waals surface area contributed by atoms with Crippen LogP contribution in [0.2, 0.25) is 0 Å². The number of aryl methyl sites for hydroxylation is 1. The largest absolute Gasteiger partial charge is 0.381 e. The van der Waals surface area contributed by atoms with E-state index >= 15 is 0 Å². The highest BCUT2D eigenvalue weighted by Gasteiger charge is 2.14. The lowest BCUT2D eigenvalue weighted by Gasteiger charge is -2.24. The predicted molar refractivity (Wildman–Crippen MR) is 63.4 cm³/mol. The van der Waals surface area contributed by atoms with Crippen LogP contribution in [0.4, 0.5) is 5.69 Å². The molecule has 1 aliphatic rings. The molecular formula is C13H16N2O. The summed E-state index contributed by atoms with van der Waals surface area (Å²) in [5, 5.41) is 12.5. The average Bonchev–Trinajstić information content (AvgIpc) is 2.31. The van der Waals surface area contributed by atoms with E-state index in [2.05, 4.69) is 11.4 Å². The van der Waals surface area contributed by atoms with Crippen molar-refractivity contribution in [2.24, 2.45) is 0 Å². The number of hydrogen-bond acceptors (Lipinski definition) is 3. The van der Waals surface area contributed by atoms with Crippen molar-refractivity contribution in [3.05, 3.63) is 29.3 Å². The molecule has 1 N–H and O–H groups in total. The summed E-state index contributed by atoms with van der Waals surface area (Å²) >= 11 is 0. The summed E-state index contributed by atoms with van der Waals surface area (Å²) in [6.07, 6.45) is 2.03. The molecule has 1 saturated heterocycles. The van der Waals surface area contributed by atoms with Gasteiger partial charge in [0.1, 0.15) is 6.07 Å². The van der Waals surface area contributed by atoms with Crippen LogP contribution in [0, 0.1) is 18.3 Å². The summed E-state index contributed by atoms with van der Waals surface area (Å²) in [6, 6.07) is 8.53. The van der Waals surface area contributed by atoms with Gasteiger partial charge in [-0.3, -0.25) is 0 Å². The second-order valence-electron chi connectivity index (χ2n) is 4.19. The molecule has 1 aromatic rings. The Bertz CT molecular complexity index is 403. The summed E-state index contributed by atoms with van der Waals surface area (Å²) in [7, 11) is 0. The van der Waals surface area contributed by atoms with Gasteiger partial charge >= 0.3 is 0 Å². The smallest absolute Gasteiger partial charge is 0.101 e. The maximum Gasteiger partial charge on any atom is 0.101 e. The third-order valence-electron chi connectivity index (χ3n) is 2.88. The standard InChI is InChI=1S/C13H16N2O/c1-10-2-3-11(9-14)13(8-10)15-12-4-6-16-7-5-12/h2-3,8,12,15H,4-7H2,1H3. The lowest BCUT2D eigenvalue weighted by molar-refractivity contribution is 0.0904. The minimum absolute atomic E-state index is 0.433. The summed E-state index contributed by atoms with van der Waals surface area (Å²) in [5.74, 6) is 0. The first-order chi connectivity index (χ1) is 7.79. The first-order valence-electron chi connectivity index (χ1n) is 5.64. The van der Waals surface area contributed by atoms with Crippen LogP contribution in [-0.4, -0.2) is 19.3 Å². The maximum absolute atomic E-state index is 9.02. The fourth-order valence-electron chi connectivity index (χ4n) is 1.94. The van der Waals surface area contributed by atoms with E-state index in [0.717, 1.165) is 37.3 Å². The zero-order valence-corrected chi connectivity index (χ0v) is 9.49. The zero-order chi connectivity index (χ0) is 11.4. The Labute approximate surface area is 96.0 Å². The zero-order valence-electron chi connectivity index (χ0n) is 9.49. The van der Waals surface area contributed by atoms with Gasteiger partial charge in [0, 0.05) is 19.3 Å². The van der Waals surface area contributed by atoms with Gasteiger partial charge in [-0.15, -0.1) is 0 Å². The van der Waals surface area contributed by atoms with Gasteiger partial charge < -0.3 is 10.1 Å². The molecule has 0 atom stereocenters. The van der Waals surface area contributed by atoms with Crippen molar-refractivity contribution in [1.82, 2.24) is 0 Å². The van der Waals surface area contributed by atoms with Gasteiger partial charge in [0.25, 0.3) is 0 Å². The molecule has 0 bridgehead atoms. The van der Waals surface area contributed by atoms with Crippen LogP contribution >= 0.6 is 0 Å². The number of hydrogen-bond donors (Lipinski definition) is 1. The molecule has 0 spiro atoms. The molecule has 2 rings (SSSR count). The topological polar surface area (TPSA) is 45.0 Å². The fourth-order valence-corrected chi connectivity index (χ4v) is 1.94. The molecule has 1 fully saturated rings. The molecule has 84 valence electrons. The van der Waals surface area contributed by atoms with E-state index in [4.69, 9.17) is 10.00 Å². The maximum atomic E-state index is 9.02. The van der Waals surface area contributed by atoms with Gasteiger partial charge in [-0.25, -0.2) is 0 Å². The summed E-state index contributed by atoms with van der Waals surface area (Å²) in [4.78, 5) is 0. The summed E-state index contributed by atoms with van der Waals surface area (Å²) < 4.78 is 5.31. The first kappa shape index (κ1) is 11.0. The van der Waals surface area contributed by atoms with Crippen LogP contribution in [0.15, 0.2) is 18.2 Å². The quantitative estimate of drug-likeness (QED) is 0.826. The lowest BCUT2D eigenvalue weighted by atomic mass is 10.1. The number of nitrogens with zero attached hydrogens (tertiary/aromatic N) is 1. The van der Waals surface area contributed by atoms with Gasteiger partial charge in [-0.1, -0.05) is 6.07 Å². The van der Waals surface area contributed by atoms with Crippen LogP contribution in [0.3, 0.4) is 0 Å². The van der Waals surface area contributed by atoms with Gasteiger partial charge in [0.15, 0.2) is 0 Å². The molecule has 1 aliphatic heterocycles. The van der Waals surface area contributed by atoms with E-state index in [9.17, 15) is 0 Å². The Hall–Kier alpha value is -1.53. The van der Waals surface area contributed by atoms with Gasteiger partial charge in [0.05, 0.1) is 11.3 Å². The minimum atomic E-state index is 0.433. The van der Waals surface area contributed by atoms with Crippen molar-refractivity contribution >= 4 is 5.69 Å². The second-order valence-corrected chi connectivity index (χ2v) is 4.19. The fraction of sp³-hybridized carbons (Fsp3) is 0.462. The molecule has 0 aromatic heterocycles. The van der Waals surface area contributed by atoms with Crippen molar-refractivity contribution in [2.75, 3.05) is 18.5 Å². The Kier molecular flexibility index (Phi) is 3.43. The highest BCUT2D eigenvalue weighted by Crippen LogP contribution is 2.20. The van der Waals surface area contributed by atoms with Gasteiger partial charge in [-0.2, -0.15) is 5.26 Å². The van der Waals surface area contributed by atoms with Crippen molar-refractivity contribution in [3.63, 3.8) is 0 Å². The number of nitriles is 1. The lowest BCUT2D eigenvalue weighted by Crippen LogP contribution is -2.28. The van der Waals surface area contributed by atoms with E-state index < -0.39 is 0 Å². The molecule has 3 nitrogen and oxygen atoms in total. The monoisotopic (exact) mass is 216 g/mol. The van der Waals surface area contributed by atoms with Crippen molar-refractivity contribution in [2.45, 2.75) is 25.8 Å². The van der Waals surface area contributed by atoms with Crippen LogP contribution in [0.5, 0.6) is 0 Å². The number of rotatable bonds is 2. The first-order valence-corrected chi connectivity index (χ1v) is 5.64. The number of anilines is 1. The van der Waals surface area contributed by atoms with E-state index in [1.54, 1.807) is 0 Å². The van der Waals surface area contributed by atoms with Crippen LogP contribution in [0.1, 0.15) is 24.0 Å². The number of benzene rings is 1. The van der Waals surface area contributed by atoms with E-state index in [0.29, 0.717) is 6.04 Å². The minimum Gasteiger partial charge on any atom is -0.381 e. The number of nitrogens with one attached hydrogen (secondary N) is 1. The van der Waals surface area contributed by atoms with Crippen molar-refractivity contribution in [1.29, 1.82) is 5.26 Å². The van der Waals surface area contributed by atoms with E-state index in [1.165, 1.54) is 5.56 Å². The molecular weight excluding hydrogens is 200 g/mol. The SMILES string of the molecule is Cc1ccc(C#N)c(NC2CCOCC2)c1. The highest BCUT2D eigenvalue weighted by molar-refractivity contribution is 5.59. The average molecular weight is 216 g/mol. The van der Waals surface area contributed by atoms with E-state index in [-0.39, 0.29) is 0 Å².